The Balaban J connectivity index is 2.02. The van der Waals surface area contributed by atoms with Gasteiger partial charge in [-0.1, -0.05) is 0 Å². The third-order valence-electron chi connectivity index (χ3n) is 3.87. The van der Waals surface area contributed by atoms with Crippen molar-refractivity contribution in [1.29, 1.82) is 0 Å². The van der Waals surface area contributed by atoms with Gasteiger partial charge < -0.3 is 10.6 Å². The van der Waals surface area contributed by atoms with Crippen LogP contribution in [-0.4, -0.2) is 49.6 Å². The normalized spacial score (nSPS) is 22.8. The SMILES string of the molecule is CN1CCCC1CN(C)C(CN)c1sccc1Br. The van der Waals surface area contributed by atoms with Crippen LogP contribution in [-0.2, 0) is 0 Å². The van der Waals surface area contributed by atoms with Gasteiger partial charge in [0.05, 0.1) is 6.04 Å². The van der Waals surface area contributed by atoms with Gasteiger partial charge in [-0.05, 0) is 60.9 Å². The van der Waals surface area contributed by atoms with E-state index in [1.54, 1.807) is 11.3 Å². The van der Waals surface area contributed by atoms with Gasteiger partial charge in [0.1, 0.15) is 0 Å². The first-order valence-corrected chi connectivity index (χ1v) is 8.14. The fourth-order valence-electron chi connectivity index (χ4n) is 2.70. The van der Waals surface area contributed by atoms with Gasteiger partial charge in [0, 0.05) is 28.5 Å². The number of likely N-dealkylation sites (tertiary alicyclic amines) is 1. The summed E-state index contributed by atoms with van der Waals surface area (Å²) in [6.07, 6.45) is 2.63. The largest absolute Gasteiger partial charge is 0.329 e. The van der Waals surface area contributed by atoms with Crippen LogP contribution in [0.3, 0.4) is 0 Å². The van der Waals surface area contributed by atoms with Crippen LogP contribution in [0.4, 0.5) is 0 Å². The quantitative estimate of drug-likeness (QED) is 0.899. The van der Waals surface area contributed by atoms with Crippen LogP contribution in [0.1, 0.15) is 23.8 Å². The van der Waals surface area contributed by atoms with Gasteiger partial charge in [0.25, 0.3) is 0 Å². The predicted molar refractivity (Wildman–Crippen MR) is 82.1 cm³/mol. The fraction of sp³-hybridized carbons (Fsp3) is 0.692. The highest BCUT2D eigenvalue weighted by atomic mass is 79.9. The van der Waals surface area contributed by atoms with Gasteiger partial charge in [0.15, 0.2) is 0 Å². The minimum absolute atomic E-state index is 0.327. The summed E-state index contributed by atoms with van der Waals surface area (Å²) in [7, 11) is 4.42. The molecule has 5 heteroatoms. The van der Waals surface area contributed by atoms with Crippen molar-refractivity contribution in [2.75, 3.05) is 33.7 Å². The molecule has 2 rings (SSSR count). The standard InChI is InChI=1S/C13H22BrN3S/c1-16-6-3-4-10(16)9-17(2)12(8-15)13-11(14)5-7-18-13/h5,7,10,12H,3-4,6,8-9,15H2,1-2H3. The number of hydrogen-bond donors (Lipinski definition) is 1. The van der Waals surface area contributed by atoms with Gasteiger partial charge in [-0.15, -0.1) is 11.3 Å². The van der Waals surface area contributed by atoms with Gasteiger partial charge in [0.2, 0.25) is 0 Å². The molecule has 0 bridgehead atoms. The second-order valence-corrected chi connectivity index (χ2v) is 6.90. The zero-order chi connectivity index (χ0) is 13.1. The van der Waals surface area contributed by atoms with E-state index in [1.165, 1.54) is 28.7 Å². The van der Waals surface area contributed by atoms with Crippen LogP contribution in [0, 0.1) is 0 Å². The first kappa shape index (κ1) is 14.5. The molecule has 18 heavy (non-hydrogen) atoms. The van der Waals surface area contributed by atoms with E-state index in [4.69, 9.17) is 5.73 Å². The first-order valence-electron chi connectivity index (χ1n) is 6.47. The minimum Gasteiger partial charge on any atom is -0.329 e. The summed E-state index contributed by atoms with van der Waals surface area (Å²) in [5.74, 6) is 0. The van der Waals surface area contributed by atoms with Gasteiger partial charge in [-0.3, -0.25) is 4.90 Å². The topological polar surface area (TPSA) is 32.5 Å². The summed E-state index contributed by atoms with van der Waals surface area (Å²) >= 11 is 5.41. The molecule has 2 heterocycles. The van der Waals surface area contributed by atoms with Gasteiger partial charge in [-0.2, -0.15) is 0 Å². The highest BCUT2D eigenvalue weighted by molar-refractivity contribution is 9.10. The van der Waals surface area contributed by atoms with E-state index in [1.807, 2.05) is 0 Å². The average molecular weight is 332 g/mol. The fourth-order valence-corrected chi connectivity index (χ4v) is 4.52. The maximum Gasteiger partial charge on any atom is 0.0573 e. The minimum atomic E-state index is 0.327. The highest BCUT2D eigenvalue weighted by Gasteiger charge is 2.26. The number of thiophene rings is 1. The van der Waals surface area contributed by atoms with E-state index in [2.05, 4.69) is 51.3 Å². The van der Waals surface area contributed by atoms with Crippen molar-refractivity contribution in [3.8, 4) is 0 Å². The summed E-state index contributed by atoms with van der Waals surface area (Å²) < 4.78 is 1.19. The zero-order valence-corrected chi connectivity index (χ0v) is 13.5. The Morgan fingerprint density at radius 3 is 2.94 bits per heavy atom. The molecule has 2 unspecified atom stereocenters. The van der Waals surface area contributed by atoms with Crippen molar-refractivity contribution in [2.24, 2.45) is 5.73 Å². The third kappa shape index (κ3) is 3.14. The van der Waals surface area contributed by atoms with E-state index < -0.39 is 0 Å². The molecule has 0 aromatic carbocycles. The molecule has 0 radical (unpaired) electrons. The summed E-state index contributed by atoms with van der Waals surface area (Å²) in [6, 6.07) is 3.12. The molecule has 1 aliphatic rings. The van der Waals surface area contributed by atoms with E-state index in [-0.39, 0.29) is 0 Å². The van der Waals surface area contributed by atoms with Crippen LogP contribution in [0.15, 0.2) is 15.9 Å². The van der Waals surface area contributed by atoms with E-state index in [0.29, 0.717) is 18.6 Å². The Hall–Kier alpha value is 0.0600. The molecule has 1 aromatic heterocycles. The monoisotopic (exact) mass is 331 g/mol. The molecule has 0 spiro atoms. The Morgan fingerprint density at radius 1 is 1.67 bits per heavy atom. The number of nitrogens with two attached hydrogens (primary N) is 1. The average Bonchev–Trinajstić information content (AvgIpc) is 2.91. The molecule has 3 nitrogen and oxygen atoms in total. The molecule has 2 N–H and O–H groups in total. The van der Waals surface area contributed by atoms with Crippen LogP contribution < -0.4 is 5.73 Å². The van der Waals surface area contributed by atoms with Crippen molar-refractivity contribution in [3.05, 3.63) is 20.8 Å². The molecule has 2 atom stereocenters. The molecular formula is C13H22BrN3S. The third-order valence-corrected chi connectivity index (χ3v) is 5.85. The maximum absolute atomic E-state index is 5.97. The summed E-state index contributed by atoms with van der Waals surface area (Å²) in [5, 5.41) is 2.12. The van der Waals surface area contributed by atoms with Crippen LogP contribution >= 0.6 is 27.3 Å². The summed E-state index contributed by atoms with van der Waals surface area (Å²) in [6.45, 7) is 3.00. The summed E-state index contributed by atoms with van der Waals surface area (Å²) in [5.41, 5.74) is 5.97. The second-order valence-electron chi connectivity index (χ2n) is 5.10. The van der Waals surface area contributed by atoms with E-state index in [9.17, 15) is 0 Å². The number of halogens is 1. The lowest BCUT2D eigenvalue weighted by molar-refractivity contribution is 0.181. The van der Waals surface area contributed by atoms with Crippen LogP contribution in [0.5, 0.6) is 0 Å². The van der Waals surface area contributed by atoms with Crippen molar-refractivity contribution >= 4 is 27.3 Å². The van der Waals surface area contributed by atoms with Gasteiger partial charge in [-0.25, -0.2) is 0 Å². The highest BCUT2D eigenvalue weighted by Crippen LogP contribution is 2.32. The number of likely N-dealkylation sites (N-methyl/N-ethyl adjacent to an activating group) is 2. The maximum atomic E-state index is 5.97. The molecule has 0 aliphatic carbocycles. The second kappa shape index (κ2) is 6.48. The van der Waals surface area contributed by atoms with Crippen molar-refractivity contribution < 1.29 is 0 Å². The lowest BCUT2D eigenvalue weighted by atomic mass is 10.1. The molecular weight excluding hydrogens is 310 g/mol. The lowest BCUT2D eigenvalue weighted by Crippen LogP contribution is -2.40. The molecule has 0 saturated carbocycles. The smallest absolute Gasteiger partial charge is 0.0573 e. The predicted octanol–water partition coefficient (Wildman–Crippen LogP) is 2.54. The number of hydrogen-bond acceptors (Lipinski definition) is 4. The van der Waals surface area contributed by atoms with Crippen LogP contribution in [0.2, 0.25) is 0 Å². The summed E-state index contributed by atoms with van der Waals surface area (Å²) in [4.78, 5) is 6.22. The molecule has 1 saturated heterocycles. The first-order chi connectivity index (χ1) is 8.63. The van der Waals surface area contributed by atoms with Crippen molar-refractivity contribution in [3.63, 3.8) is 0 Å². The molecule has 1 aromatic rings. The number of nitrogens with zero attached hydrogens (tertiary/aromatic N) is 2. The molecule has 102 valence electrons. The lowest BCUT2D eigenvalue weighted by Gasteiger charge is -2.31. The number of rotatable bonds is 5. The Morgan fingerprint density at radius 2 is 2.44 bits per heavy atom. The van der Waals surface area contributed by atoms with Crippen molar-refractivity contribution in [2.45, 2.75) is 24.9 Å². The van der Waals surface area contributed by atoms with Gasteiger partial charge >= 0.3 is 0 Å². The van der Waals surface area contributed by atoms with E-state index in [0.717, 1.165) is 6.54 Å². The molecule has 1 aliphatic heterocycles. The van der Waals surface area contributed by atoms with E-state index >= 15 is 0 Å². The van der Waals surface area contributed by atoms with Crippen LogP contribution in [0.25, 0.3) is 0 Å². The molecule has 0 amide bonds. The Kier molecular flexibility index (Phi) is 5.21. The molecule has 1 fully saturated rings. The van der Waals surface area contributed by atoms with Crippen molar-refractivity contribution in [1.82, 2.24) is 9.80 Å². The Labute approximate surface area is 122 Å². The Bertz CT molecular complexity index is 382. The zero-order valence-electron chi connectivity index (χ0n) is 11.1.